The van der Waals surface area contributed by atoms with Crippen molar-refractivity contribution < 1.29 is 0 Å². The van der Waals surface area contributed by atoms with Crippen LogP contribution >= 0.6 is 0 Å². The van der Waals surface area contributed by atoms with Crippen molar-refractivity contribution in [1.82, 2.24) is 4.98 Å². The van der Waals surface area contributed by atoms with Crippen LogP contribution in [0.15, 0.2) is 48.0 Å². The zero-order valence-electron chi connectivity index (χ0n) is 9.90. The summed E-state index contributed by atoms with van der Waals surface area (Å²) >= 11 is 0. The third kappa shape index (κ3) is 2.69. The molecule has 0 fully saturated rings. The molecule has 0 amide bonds. The van der Waals surface area contributed by atoms with Gasteiger partial charge >= 0.3 is 0 Å². The molecule has 16 heavy (non-hydrogen) atoms. The van der Waals surface area contributed by atoms with Crippen LogP contribution in [0.25, 0.3) is 10.9 Å². The van der Waals surface area contributed by atoms with Crippen LogP contribution in [0.3, 0.4) is 0 Å². The van der Waals surface area contributed by atoms with E-state index in [9.17, 15) is 0 Å². The van der Waals surface area contributed by atoms with Gasteiger partial charge in [-0.05, 0) is 38.8 Å². The number of para-hydroxylation sites is 1. The van der Waals surface area contributed by atoms with E-state index in [4.69, 9.17) is 0 Å². The molecule has 1 heteroatoms. The van der Waals surface area contributed by atoms with E-state index >= 15 is 0 Å². The van der Waals surface area contributed by atoms with Gasteiger partial charge in [0.05, 0.1) is 5.52 Å². The van der Waals surface area contributed by atoms with E-state index in [2.05, 4.69) is 49.2 Å². The fourth-order valence-corrected chi connectivity index (χ4v) is 1.76. The molecule has 0 atom stereocenters. The van der Waals surface area contributed by atoms with Gasteiger partial charge in [0.25, 0.3) is 0 Å². The summed E-state index contributed by atoms with van der Waals surface area (Å²) < 4.78 is 0. The van der Waals surface area contributed by atoms with Crippen molar-refractivity contribution in [3.63, 3.8) is 0 Å². The molecule has 0 aliphatic rings. The van der Waals surface area contributed by atoms with Gasteiger partial charge in [0.15, 0.2) is 0 Å². The number of fused-ring (bicyclic) bond motifs is 1. The maximum Gasteiger partial charge on any atom is 0.0705 e. The molecule has 0 saturated heterocycles. The predicted molar refractivity (Wildman–Crippen MR) is 69.5 cm³/mol. The molecule has 0 spiro atoms. The second-order valence-electron chi connectivity index (χ2n) is 4.32. The molecule has 0 bridgehead atoms. The van der Waals surface area contributed by atoms with Crippen LogP contribution in [0.2, 0.25) is 0 Å². The molecule has 1 aromatic carbocycles. The highest BCUT2D eigenvalue weighted by atomic mass is 14.7. The quantitative estimate of drug-likeness (QED) is 0.695. The molecule has 82 valence electrons. The largest absolute Gasteiger partial charge is 0.253 e. The van der Waals surface area contributed by atoms with E-state index in [1.54, 1.807) is 0 Å². The molecule has 1 heterocycles. The van der Waals surface area contributed by atoms with Crippen molar-refractivity contribution in [3.8, 4) is 0 Å². The van der Waals surface area contributed by atoms with E-state index in [0.29, 0.717) is 0 Å². The highest BCUT2D eigenvalue weighted by molar-refractivity contribution is 5.78. The monoisotopic (exact) mass is 211 g/mol. The Morgan fingerprint density at radius 3 is 2.75 bits per heavy atom. The number of hydrogen-bond donors (Lipinski definition) is 0. The number of pyridine rings is 1. The third-order valence-electron chi connectivity index (χ3n) is 2.61. The Balaban J connectivity index is 2.16. The topological polar surface area (TPSA) is 12.9 Å². The minimum atomic E-state index is 1.02. The van der Waals surface area contributed by atoms with Crippen molar-refractivity contribution >= 4 is 10.9 Å². The van der Waals surface area contributed by atoms with Crippen LogP contribution in [-0.2, 0) is 6.42 Å². The lowest BCUT2D eigenvalue weighted by Crippen LogP contribution is -1.89. The first-order valence-corrected chi connectivity index (χ1v) is 5.74. The summed E-state index contributed by atoms with van der Waals surface area (Å²) in [7, 11) is 0. The Kier molecular flexibility index (Phi) is 3.35. The SMILES string of the molecule is CC(C)=CCCc1ccc2ccccc2n1. The number of allylic oxidation sites excluding steroid dienone is 2. The molecule has 2 rings (SSSR count). The lowest BCUT2D eigenvalue weighted by atomic mass is 10.1. The van der Waals surface area contributed by atoms with Crippen molar-refractivity contribution in [2.75, 3.05) is 0 Å². The number of hydrogen-bond acceptors (Lipinski definition) is 1. The molecule has 0 N–H and O–H groups in total. The second-order valence-corrected chi connectivity index (χ2v) is 4.32. The zero-order chi connectivity index (χ0) is 11.4. The van der Waals surface area contributed by atoms with Gasteiger partial charge in [-0.2, -0.15) is 0 Å². The molecule has 0 radical (unpaired) electrons. The second kappa shape index (κ2) is 4.93. The molecular weight excluding hydrogens is 194 g/mol. The smallest absolute Gasteiger partial charge is 0.0705 e. The Labute approximate surface area is 96.8 Å². The van der Waals surface area contributed by atoms with E-state index < -0.39 is 0 Å². The molecule has 1 nitrogen and oxygen atoms in total. The van der Waals surface area contributed by atoms with Crippen molar-refractivity contribution in [1.29, 1.82) is 0 Å². The fourth-order valence-electron chi connectivity index (χ4n) is 1.76. The first-order valence-electron chi connectivity index (χ1n) is 5.74. The van der Waals surface area contributed by atoms with Crippen LogP contribution in [-0.4, -0.2) is 4.98 Å². The number of nitrogens with zero attached hydrogens (tertiary/aromatic N) is 1. The highest BCUT2D eigenvalue weighted by Crippen LogP contribution is 2.12. The van der Waals surface area contributed by atoms with Crippen LogP contribution in [0.5, 0.6) is 0 Å². The average Bonchev–Trinajstić information content (AvgIpc) is 2.28. The maximum atomic E-state index is 4.64. The molecule has 0 aliphatic heterocycles. The Hall–Kier alpha value is -1.63. The maximum absolute atomic E-state index is 4.64. The van der Waals surface area contributed by atoms with Crippen LogP contribution < -0.4 is 0 Å². The molecule has 0 saturated carbocycles. The molecule has 2 aromatic rings. The third-order valence-corrected chi connectivity index (χ3v) is 2.61. The van der Waals surface area contributed by atoms with Gasteiger partial charge in [-0.1, -0.05) is 35.9 Å². The summed E-state index contributed by atoms with van der Waals surface area (Å²) in [5, 5.41) is 1.22. The van der Waals surface area contributed by atoms with Gasteiger partial charge in [0, 0.05) is 11.1 Å². The predicted octanol–water partition coefficient (Wildman–Crippen LogP) is 4.13. The minimum Gasteiger partial charge on any atom is -0.253 e. The standard InChI is InChI=1S/C15H17N/c1-12(2)6-5-8-14-11-10-13-7-3-4-9-15(13)16-14/h3-4,6-7,9-11H,5,8H2,1-2H3. The summed E-state index contributed by atoms with van der Waals surface area (Å²) in [5.41, 5.74) is 3.65. The van der Waals surface area contributed by atoms with Gasteiger partial charge in [0.2, 0.25) is 0 Å². The Morgan fingerprint density at radius 1 is 1.12 bits per heavy atom. The van der Waals surface area contributed by atoms with Gasteiger partial charge in [-0.3, -0.25) is 4.98 Å². The van der Waals surface area contributed by atoms with Gasteiger partial charge in [-0.15, -0.1) is 0 Å². The number of aryl methyl sites for hydroxylation is 1. The van der Waals surface area contributed by atoms with Gasteiger partial charge in [0.1, 0.15) is 0 Å². The first kappa shape index (κ1) is 10.9. The van der Waals surface area contributed by atoms with Crippen molar-refractivity contribution in [2.45, 2.75) is 26.7 Å². The lowest BCUT2D eigenvalue weighted by molar-refractivity contribution is 0.946. The number of rotatable bonds is 3. The average molecular weight is 211 g/mol. The van der Waals surface area contributed by atoms with E-state index in [1.807, 2.05) is 12.1 Å². The molecular formula is C15H17N. The Morgan fingerprint density at radius 2 is 1.94 bits per heavy atom. The van der Waals surface area contributed by atoms with Crippen LogP contribution in [0, 0.1) is 0 Å². The lowest BCUT2D eigenvalue weighted by Gasteiger charge is -2.01. The van der Waals surface area contributed by atoms with Crippen molar-refractivity contribution in [3.05, 3.63) is 53.7 Å². The van der Waals surface area contributed by atoms with Crippen molar-refractivity contribution in [2.24, 2.45) is 0 Å². The number of benzene rings is 1. The van der Waals surface area contributed by atoms with Crippen LogP contribution in [0.1, 0.15) is 26.0 Å². The Bertz CT molecular complexity index is 508. The molecule has 1 aromatic heterocycles. The summed E-state index contributed by atoms with van der Waals surface area (Å²) in [5.74, 6) is 0. The summed E-state index contributed by atoms with van der Waals surface area (Å²) in [6, 6.07) is 12.5. The minimum absolute atomic E-state index is 1.02. The fraction of sp³-hybridized carbons (Fsp3) is 0.267. The van der Waals surface area contributed by atoms with Gasteiger partial charge in [-0.25, -0.2) is 0 Å². The summed E-state index contributed by atoms with van der Waals surface area (Å²) in [6.45, 7) is 4.27. The summed E-state index contributed by atoms with van der Waals surface area (Å²) in [4.78, 5) is 4.64. The summed E-state index contributed by atoms with van der Waals surface area (Å²) in [6.07, 6.45) is 4.36. The highest BCUT2D eigenvalue weighted by Gasteiger charge is 1.96. The van der Waals surface area contributed by atoms with E-state index in [1.165, 1.54) is 16.7 Å². The van der Waals surface area contributed by atoms with E-state index in [-0.39, 0.29) is 0 Å². The molecule has 0 aliphatic carbocycles. The number of aromatic nitrogens is 1. The zero-order valence-corrected chi connectivity index (χ0v) is 9.90. The normalized spacial score (nSPS) is 10.4. The van der Waals surface area contributed by atoms with Gasteiger partial charge < -0.3 is 0 Å². The first-order chi connectivity index (χ1) is 7.75. The van der Waals surface area contributed by atoms with Crippen LogP contribution in [0.4, 0.5) is 0 Å². The van der Waals surface area contributed by atoms with E-state index in [0.717, 1.165) is 18.4 Å². The molecule has 0 unspecified atom stereocenters.